The summed E-state index contributed by atoms with van der Waals surface area (Å²) in [5.74, 6) is 0. The number of nitrogens with two attached hydrogens (primary N) is 1. The monoisotopic (exact) mass is 302 g/mol. The van der Waals surface area contributed by atoms with Crippen molar-refractivity contribution in [2.24, 2.45) is 0 Å². The Morgan fingerprint density at radius 2 is 1.82 bits per heavy atom. The zero-order valence-electron chi connectivity index (χ0n) is 14.5. The third-order valence-electron chi connectivity index (χ3n) is 4.64. The van der Waals surface area contributed by atoms with E-state index in [2.05, 4.69) is 39.1 Å². The Morgan fingerprint density at radius 3 is 2.36 bits per heavy atom. The quantitative estimate of drug-likeness (QED) is 0.663. The Labute approximate surface area is 134 Å². The first-order chi connectivity index (χ1) is 10.2. The number of nitrogen functional groups attached to an aromatic ring is 1. The fraction of sp³-hybridized carbons (Fsp3) is 0.529. The molecule has 0 aromatic heterocycles. The number of anilines is 1. The van der Waals surface area contributed by atoms with Crippen molar-refractivity contribution in [3.05, 3.63) is 34.8 Å². The summed E-state index contributed by atoms with van der Waals surface area (Å²) in [7, 11) is 1.55. The van der Waals surface area contributed by atoms with Crippen LogP contribution in [0.5, 0.6) is 0 Å². The SMILES string of the molecule is CNCC(=Cc1cccc(C)c1N)B1OC(C)(C)C(C)(C)O1. The predicted molar refractivity (Wildman–Crippen MR) is 93.6 cm³/mol. The van der Waals surface area contributed by atoms with E-state index in [-0.39, 0.29) is 18.3 Å². The molecule has 22 heavy (non-hydrogen) atoms. The van der Waals surface area contributed by atoms with E-state index in [4.69, 9.17) is 15.0 Å². The molecule has 1 aliphatic rings. The van der Waals surface area contributed by atoms with E-state index in [1.54, 1.807) is 0 Å². The largest absolute Gasteiger partial charge is 0.491 e. The highest BCUT2D eigenvalue weighted by atomic mass is 16.7. The van der Waals surface area contributed by atoms with Crippen LogP contribution >= 0.6 is 0 Å². The lowest BCUT2D eigenvalue weighted by atomic mass is 9.76. The summed E-state index contributed by atoms with van der Waals surface area (Å²) in [5.41, 5.74) is 9.41. The van der Waals surface area contributed by atoms with E-state index in [0.717, 1.165) is 22.3 Å². The highest BCUT2D eigenvalue weighted by Crippen LogP contribution is 2.38. The minimum absolute atomic E-state index is 0.345. The van der Waals surface area contributed by atoms with Gasteiger partial charge in [-0.1, -0.05) is 24.3 Å². The molecule has 1 fully saturated rings. The second kappa shape index (κ2) is 6.07. The predicted octanol–water partition coefficient (Wildman–Crippen LogP) is 2.81. The lowest BCUT2D eigenvalue weighted by molar-refractivity contribution is 0.00578. The molecule has 0 bridgehead atoms. The van der Waals surface area contributed by atoms with E-state index in [9.17, 15) is 0 Å². The van der Waals surface area contributed by atoms with E-state index in [0.29, 0.717) is 6.54 Å². The van der Waals surface area contributed by atoms with Gasteiger partial charge in [-0.3, -0.25) is 0 Å². The van der Waals surface area contributed by atoms with Gasteiger partial charge in [-0.2, -0.15) is 0 Å². The fourth-order valence-electron chi connectivity index (χ4n) is 2.43. The van der Waals surface area contributed by atoms with E-state index < -0.39 is 0 Å². The van der Waals surface area contributed by atoms with Crippen molar-refractivity contribution in [2.75, 3.05) is 19.3 Å². The van der Waals surface area contributed by atoms with Gasteiger partial charge in [-0.05, 0) is 58.3 Å². The maximum absolute atomic E-state index is 6.19. The summed E-state index contributed by atoms with van der Waals surface area (Å²) in [6.07, 6.45) is 2.07. The highest BCUT2D eigenvalue weighted by Gasteiger charge is 2.52. The maximum atomic E-state index is 6.19. The van der Waals surface area contributed by atoms with Crippen molar-refractivity contribution in [3.63, 3.8) is 0 Å². The highest BCUT2D eigenvalue weighted by molar-refractivity contribution is 6.56. The molecule has 1 saturated heterocycles. The molecule has 0 unspecified atom stereocenters. The topological polar surface area (TPSA) is 56.5 Å². The molecule has 1 aromatic rings. The molecule has 0 saturated carbocycles. The van der Waals surface area contributed by atoms with Gasteiger partial charge in [0.15, 0.2) is 0 Å². The molecule has 120 valence electrons. The molecule has 3 N–H and O–H groups in total. The number of hydrogen-bond donors (Lipinski definition) is 2. The van der Waals surface area contributed by atoms with Crippen molar-refractivity contribution in [2.45, 2.75) is 45.8 Å². The number of hydrogen-bond acceptors (Lipinski definition) is 4. The number of para-hydroxylation sites is 1. The second-order valence-electron chi connectivity index (χ2n) is 6.92. The normalized spacial score (nSPS) is 20.5. The van der Waals surface area contributed by atoms with Gasteiger partial charge >= 0.3 is 7.12 Å². The second-order valence-corrected chi connectivity index (χ2v) is 6.92. The van der Waals surface area contributed by atoms with Gasteiger partial charge in [0.25, 0.3) is 0 Å². The molecule has 5 heteroatoms. The van der Waals surface area contributed by atoms with Crippen LogP contribution in [0.4, 0.5) is 5.69 Å². The third kappa shape index (κ3) is 3.22. The van der Waals surface area contributed by atoms with Gasteiger partial charge in [0.2, 0.25) is 0 Å². The minimum atomic E-state index is -0.364. The zero-order chi connectivity index (χ0) is 16.5. The molecule has 0 atom stereocenters. The zero-order valence-corrected chi connectivity index (χ0v) is 14.5. The smallest absolute Gasteiger partial charge is 0.400 e. The number of benzene rings is 1. The van der Waals surface area contributed by atoms with Crippen LogP contribution < -0.4 is 11.1 Å². The van der Waals surface area contributed by atoms with Gasteiger partial charge in [-0.15, -0.1) is 0 Å². The van der Waals surface area contributed by atoms with E-state index in [1.807, 2.05) is 32.2 Å². The van der Waals surface area contributed by atoms with Crippen molar-refractivity contribution < 1.29 is 9.31 Å². The summed E-state index contributed by atoms with van der Waals surface area (Å²) < 4.78 is 12.3. The fourth-order valence-corrected chi connectivity index (χ4v) is 2.43. The van der Waals surface area contributed by atoms with Crippen molar-refractivity contribution in [1.29, 1.82) is 0 Å². The molecule has 1 aromatic carbocycles. The van der Waals surface area contributed by atoms with Gasteiger partial charge in [0.1, 0.15) is 0 Å². The third-order valence-corrected chi connectivity index (χ3v) is 4.64. The number of aryl methyl sites for hydroxylation is 1. The van der Waals surface area contributed by atoms with Crippen molar-refractivity contribution in [3.8, 4) is 0 Å². The van der Waals surface area contributed by atoms with Gasteiger partial charge < -0.3 is 20.4 Å². The van der Waals surface area contributed by atoms with Gasteiger partial charge in [0, 0.05) is 12.2 Å². The molecule has 4 nitrogen and oxygen atoms in total. The van der Waals surface area contributed by atoms with Crippen LogP contribution in [-0.4, -0.2) is 31.9 Å². The van der Waals surface area contributed by atoms with Crippen LogP contribution in [0.25, 0.3) is 6.08 Å². The molecule has 2 rings (SSSR count). The van der Waals surface area contributed by atoms with Crippen LogP contribution in [-0.2, 0) is 9.31 Å². The Bertz CT molecular complexity index is 566. The standard InChI is InChI=1S/C17H27BN2O2/c1-12-8-7-9-13(15(12)19)10-14(11-20-6)18-21-16(2,3)17(4,5)22-18/h7-10,20H,11,19H2,1-6H3. The van der Waals surface area contributed by atoms with E-state index in [1.165, 1.54) is 0 Å². The molecule has 0 spiro atoms. The van der Waals surface area contributed by atoms with E-state index >= 15 is 0 Å². The lowest BCUT2D eigenvalue weighted by Gasteiger charge is -2.32. The van der Waals surface area contributed by atoms with Gasteiger partial charge in [-0.25, -0.2) is 0 Å². The number of rotatable bonds is 4. The minimum Gasteiger partial charge on any atom is -0.400 e. The molecule has 1 aliphatic heterocycles. The van der Waals surface area contributed by atoms with Crippen LogP contribution in [0.15, 0.2) is 23.7 Å². The molecular weight excluding hydrogens is 275 g/mol. The van der Waals surface area contributed by atoms with Crippen molar-refractivity contribution >= 4 is 18.9 Å². The number of nitrogens with one attached hydrogen (secondary N) is 1. The molecule has 0 aliphatic carbocycles. The van der Waals surface area contributed by atoms with Crippen molar-refractivity contribution in [1.82, 2.24) is 5.32 Å². The Kier molecular flexibility index (Phi) is 4.71. The van der Waals surface area contributed by atoms with Crippen LogP contribution in [0, 0.1) is 6.92 Å². The molecule has 0 amide bonds. The first-order valence-electron chi connectivity index (χ1n) is 7.74. The Morgan fingerprint density at radius 1 is 1.23 bits per heavy atom. The molecular formula is C17H27BN2O2. The molecule has 1 heterocycles. The summed E-state index contributed by atoms with van der Waals surface area (Å²) >= 11 is 0. The summed E-state index contributed by atoms with van der Waals surface area (Å²) in [5, 5.41) is 3.18. The maximum Gasteiger partial charge on any atom is 0.491 e. The first kappa shape index (κ1) is 17.1. The summed E-state index contributed by atoms with van der Waals surface area (Å²) in [6.45, 7) is 10.9. The van der Waals surface area contributed by atoms with Crippen LogP contribution in [0.2, 0.25) is 0 Å². The average Bonchev–Trinajstić information content (AvgIpc) is 2.63. The van der Waals surface area contributed by atoms with Crippen LogP contribution in [0.3, 0.4) is 0 Å². The lowest BCUT2D eigenvalue weighted by Crippen LogP contribution is -2.41. The average molecular weight is 302 g/mol. The Hall–Kier alpha value is -1.30. The summed E-state index contributed by atoms with van der Waals surface area (Å²) in [4.78, 5) is 0. The summed E-state index contributed by atoms with van der Waals surface area (Å²) in [6, 6.07) is 6.04. The molecule has 0 radical (unpaired) electrons. The first-order valence-corrected chi connectivity index (χ1v) is 7.74. The number of likely N-dealkylation sites (N-methyl/N-ethyl adjacent to an activating group) is 1. The Balaban J connectivity index is 2.35. The van der Waals surface area contributed by atoms with Gasteiger partial charge in [0.05, 0.1) is 11.2 Å². The van der Waals surface area contributed by atoms with Crippen LogP contribution in [0.1, 0.15) is 38.8 Å².